The fourth-order valence-corrected chi connectivity index (χ4v) is 4.17. The quantitative estimate of drug-likeness (QED) is 0.125. The first-order chi connectivity index (χ1) is 17.7. The van der Waals surface area contributed by atoms with Gasteiger partial charge in [-0.25, -0.2) is 9.78 Å². The summed E-state index contributed by atoms with van der Waals surface area (Å²) >= 11 is 0.839. The Morgan fingerprint density at radius 1 is 1.11 bits per heavy atom. The van der Waals surface area contributed by atoms with Crippen molar-refractivity contribution in [1.29, 1.82) is 0 Å². The van der Waals surface area contributed by atoms with Crippen LogP contribution in [0.1, 0.15) is 16.9 Å². The number of H-pyrrole nitrogens is 1. The van der Waals surface area contributed by atoms with E-state index >= 15 is 0 Å². The molecule has 4 rings (SSSR count). The van der Waals surface area contributed by atoms with Gasteiger partial charge in [-0.3, -0.25) is 15.2 Å². The number of hydrogen-bond acceptors (Lipinski definition) is 9. The number of nitro groups is 1. The normalized spacial score (nSPS) is 11.4. The lowest BCUT2D eigenvalue weighted by atomic mass is 10.0. The van der Waals surface area contributed by atoms with E-state index < -0.39 is 10.9 Å². The van der Waals surface area contributed by atoms with Crippen LogP contribution in [0.4, 0.5) is 5.69 Å². The molecule has 2 aromatic carbocycles. The van der Waals surface area contributed by atoms with Crippen molar-refractivity contribution in [3.63, 3.8) is 0 Å². The van der Waals surface area contributed by atoms with Gasteiger partial charge in [0.05, 0.1) is 19.1 Å². The van der Waals surface area contributed by atoms with Crippen molar-refractivity contribution in [2.75, 3.05) is 14.2 Å². The van der Waals surface area contributed by atoms with Crippen LogP contribution in [0, 0.1) is 24.0 Å². The number of aliphatic carboxylic acids is 1. The topological polar surface area (TPSA) is 154 Å². The first kappa shape index (κ1) is 25.5. The van der Waals surface area contributed by atoms with Crippen LogP contribution in [0.3, 0.4) is 0 Å². The fraction of sp³-hybridized carbons (Fsp3) is 0.160. The van der Waals surface area contributed by atoms with Crippen LogP contribution in [0.25, 0.3) is 28.8 Å². The number of thioether (sulfide) groups is 1. The zero-order valence-electron chi connectivity index (χ0n) is 20.3. The minimum absolute atomic E-state index is 0.0145. The summed E-state index contributed by atoms with van der Waals surface area (Å²) < 4.78 is 16.3. The van der Waals surface area contributed by atoms with E-state index in [0.29, 0.717) is 39.8 Å². The van der Waals surface area contributed by atoms with Gasteiger partial charge in [-0.05, 0) is 61.5 Å². The molecule has 0 fully saturated rings. The molecule has 2 heterocycles. The molecular formula is C25H22N4O7S. The zero-order valence-corrected chi connectivity index (χ0v) is 21.1. The van der Waals surface area contributed by atoms with Gasteiger partial charge in [-0.2, -0.15) is 0 Å². The van der Waals surface area contributed by atoms with E-state index in [4.69, 9.17) is 13.9 Å². The molecule has 37 heavy (non-hydrogen) atoms. The number of nitrogens with zero attached hydrogens (tertiary/aromatic N) is 3. The van der Waals surface area contributed by atoms with Crippen LogP contribution in [0.5, 0.6) is 11.5 Å². The third kappa shape index (κ3) is 5.64. The summed E-state index contributed by atoms with van der Waals surface area (Å²) in [4.78, 5) is 27.2. The maximum absolute atomic E-state index is 11.9. The first-order valence-corrected chi connectivity index (χ1v) is 11.6. The third-order valence-corrected chi connectivity index (χ3v) is 6.40. The maximum atomic E-state index is 11.9. The van der Waals surface area contributed by atoms with E-state index in [-0.39, 0.29) is 21.5 Å². The molecule has 4 aromatic rings. The largest absolute Gasteiger partial charge is 0.497 e. The highest BCUT2D eigenvalue weighted by atomic mass is 32.2. The number of carbonyl (C=O) groups is 1. The Labute approximate surface area is 215 Å². The monoisotopic (exact) mass is 522 g/mol. The fourth-order valence-electron chi connectivity index (χ4n) is 3.49. The predicted molar refractivity (Wildman–Crippen MR) is 137 cm³/mol. The molecule has 0 atom stereocenters. The van der Waals surface area contributed by atoms with Gasteiger partial charge < -0.3 is 19.0 Å². The van der Waals surface area contributed by atoms with E-state index in [1.165, 1.54) is 26.4 Å². The molecule has 12 heteroatoms. The van der Waals surface area contributed by atoms with Crippen molar-refractivity contribution in [3.8, 4) is 34.2 Å². The van der Waals surface area contributed by atoms with Crippen molar-refractivity contribution in [1.82, 2.24) is 15.2 Å². The molecule has 0 saturated carbocycles. The Bertz CT molecular complexity index is 1500. The Morgan fingerprint density at radius 3 is 2.43 bits per heavy atom. The number of aryl methyl sites for hydroxylation is 1. The van der Waals surface area contributed by atoms with Gasteiger partial charge in [-0.15, -0.1) is 5.10 Å². The SMILES string of the molecule is COc1cc(OC)cc(-c2nc(S/C(=C\c3ccc(-c4cc(C)c(C)c([N+](=O)[O-])c4)o3)C(=O)O)n[nH]2)c1. The van der Waals surface area contributed by atoms with E-state index in [9.17, 15) is 20.0 Å². The molecule has 0 bridgehead atoms. The number of nitrogens with one attached hydrogen (secondary N) is 1. The summed E-state index contributed by atoms with van der Waals surface area (Å²) in [5.74, 6) is 0.969. The van der Waals surface area contributed by atoms with Crippen molar-refractivity contribution in [3.05, 3.63) is 74.4 Å². The molecule has 0 saturated heterocycles. The van der Waals surface area contributed by atoms with Crippen molar-refractivity contribution in [2.24, 2.45) is 0 Å². The van der Waals surface area contributed by atoms with Gasteiger partial charge in [-0.1, -0.05) is 0 Å². The average Bonchev–Trinajstić information content (AvgIpc) is 3.54. The van der Waals surface area contributed by atoms with Gasteiger partial charge in [0.2, 0.25) is 5.16 Å². The zero-order chi connectivity index (χ0) is 26.7. The highest BCUT2D eigenvalue weighted by molar-refractivity contribution is 8.04. The molecule has 0 spiro atoms. The first-order valence-electron chi connectivity index (χ1n) is 10.8. The second-order valence-corrected chi connectivity index (χ2v) is 8.89. The van der Waals surface area contributed by atoms with E-state index in [2.05, 4.69) is 15.2 Å². The summed E-state index contributed by atoms with van der Waals surface area (Å²) in [7, 11) is 3.07. The minimum Gasteiger partial charge on any atom is -0.497 e. The molecule has 0 aliphatic carbocycles. The van der Waals surface area contributed by atoms with Crippen LogP contribution >= 0.6 is 11.8 Å². The van der Waals surface area contributed by atoms with Crippen molar-refractivity contribution in [2.45, 2.75) is 19.0 Å². The molecule has 0 aliphatic heterocycles. The van der Waals surface area contributed by atoms with Crippen LogP contribution in [-0.2, 0) is 4.79 Å². The number of carboxylic acids is 1. The van der Waals surface area contributed by atoms with E-state index in [1.807, 2.05) is 0 Å². The van der Waals surface area contributed by atoms with Gasteiger partial charge in [0.1, 0.15) is 27.9 Å². The van der Waals surface area contributed by atoms with E-state index in [1.54, 1.807) is 50.2 Å². The number of aromatic amines is 1. The molecule has 0 amide bonds. The second kappa shape index (κ2) is 10.6. The Morgan fingerprint density at radius 2 is 1.81 bits per heavy atom. The highest BCUT2D eigenvalue weighted by Gasteiger charge is 2.18. The lowest BCUT2D eigenvalue weighted by Gasteiger charge is -2.06. The lowest BCUT2D eigenvalue weighted by Crippen LogP contribution is -1.97. The van der Waals surface area contributed by atoms with Crippen LogP contribution in [-0.4, -0.2) is 45.4 Å². The minimum atomic E-state index is -1.20. The Balaban J connectivity index is 1.60. The number of furan rings is 1. The highest BCUT2D eigenvalue weighted by Crippen LogP contribution is 2.33. The van der Waals surface area contributed by atoms with Crippen LogP contribution < -0.4 is 9.47 Å². The summed E-state index contributed by atoms with van der Waals surface area (Å²) in [5, 5.41) is 28.2. The second-order valence-electron chi connectivity index (χ2n) is 7.88. The Kier molecular flexibility index (Phi) is 7.30. The van der Waals surface area contributed by atoms with Gasteiger partial charge in [0.15, 0.2) is 5.82 Å². The van der Waals surface area contributed by atoms with Crippen molar-refractivity contribution >= 4 is 29.5 Å². The molecule has 2 aromatic heterocycles. The molecular weight excluding hydrogens is 500 g/mol. The number of rotatable bonds is 9. The molecule has 11 nitrogen and oxygen atoms in total. The molecule has 0 radical (unpaired) electrons. The molecule has 190 valence electrons. The Hall–Kier alpha value is -4.58. The van der Waals surface area contributed by atoms with Crippen LogP contribution in [0.2, 0.25) is 0 Å². The van der Waals surface area contributed by atoms with Crippen LogP contribution in [0.15, 0.2) is 56.9 Å². The lowest BCUT2D eigenvalue weighted by molar-refractivity contribution is -0.385. The number of carboxylic acid groups (broad SMARTS) is 1. The van der Waals surface area contributed by atoms with Gasteiger partial charge in [0.25, 0.3) is 5.69 Å². The number of hydrogen-bond donors (Lipinski definition) is 2. The predicted octanol–water partition coefficient (Wildman–Crippen LogP) is 5.49. The number of aromatic nitrogens is 3. The average molecular weight is 523 g/mol. The summed E-state index contributed by atoms with van der Waals surface area (Å²) in [5.41, 5.74) is 2.47. The smallest absolute Gasteiger partial charge is 0.342 e. The molecule has 2 N–H and O–H groups in total. The number of ether oxygens (including phenoxy) is 2. The van der Waals surface area contributed by atoms with E-state index in [0.717, 1.165) is 17.3 Å². The summed E-state index contributed by atoms with van der Waals surface area (Å²) in [6.07, 6.45) is 1.34. The van der Waals surface area contributed by atoms with Crippen molar-refractivity contribution < 1.29 is 28.7 Å². The number of benzene rings is 2. The van der Waals surface area contributed by atoms with Gasteiger partial charge >= 0.3 is 5.97 Å². The number of nitro benzene ring substituents is 1. The molecule has 0 aliphatic rings. The summed E-state index contributed by atoms with van der Waals surface area (Å²) in [6, 6.07) is 11.6. The molecule has 0 unspecified atom stereocenters. The summed E-state index contributed by atoms with van der Waals surface area (Å²) in [6.45, 7) is 3.46. The standard InChI is InChI=1S/C25H22N4O7S/c1-13-7-15(10-20(14(13)2)29(32)33)21-6-5-17(36-21)12-22(24(30)31)37-25-26-23(27-28-25)16-8-18(34-3)11-19(9-16)35-4/h5-12H,1-4H3,(H,30,31)(H,26,27,28)/b22-12-. The van der Waals surface area contributed by atoms with Gasteiger partial charge in [0, 0.05) is 34.9 Å². The maximum Gasteiger partial charge on any atom is 0.342 e. The number of methoxy groups -OCH3 is 2. The third-order valence-electron chi connectivity index (χ3n) is 5.52.